The zero-order chi connectivity index (χ0) is 13.0. The lowest BCUT2D eigenvalue weighted by Gasteiger charge is -2.09. The maximum atomic E-state index is 6.08. The van der Waals surface area contributed by atoms with Crippen molar-refractivity contribution in [2.24, 2.45) is 5.73 Å². The Labute approximate surface area is 120 Å². The van der Waals surface area contributed by atoms with Crippen LogP contribution in [0, 0.1) is 0 Å². The van der Waals surface area contributed by atoms with Crippen LogP contribution in [0.2, 0.25) is 5.02 Å². The Morgan fingerprint density at radius 3 is 2.78 bits per heavy atom. The predicted octanol–water partition coefficient (Wildman–Crippen LogP) is 4.40. The first-order valence-corrected chi connectivity index (χ1v) is 6.78. The highest BCUT2D eigenvalue weighted by atomic mass is 79.9. The largest absolute Gasteiger partial charge is 0.456 e. The highest BCUT2D eigenvalue weighted by Gasteiger charge is 2.04. The molecule has 0 radical (unpaired) electrons. The van der Waals surface area contributed by atoms with Crippen molar-refractivity contribution in [2.45, 2.75) is 6.42 Å². The van der Waals surface area contributed by atoms with Crippen LogP contribution in [0.3, 0.4) is 0 Å². The smallest absolute Gasteiger partial charge is 0.147 e. The van der Waals surface area contributed by atoms with Crippen LogP contribution in [0.25, 0.3) is 0 Å². The van der Waals surface area contributed by atoms with Crippen molar-refractivity contribution in [3.8, 4) is 11.5 Å². The molecule has 0 heterocycles. The Kier molecular flexibility index (Phi) is 4.64. The van der Waals surface area contributed by atoms with Crippen LogP contribution in [0.4, 0.5) is 0 Å². The molecule has 0 aliphatic carbocycles. The van der Waals surface area contributed by atoms with Gasteiger partial charge in [-0.25, -0.2) is 0 Å². The molecular formula is C14H13BrClNO. The fraction of sp³-hybridized carbons (Fsp3) is 0.143. The number of benzene rings is 2. The van der Waals surface area contributed by atoms with Gasteiger partial charge in [0, 0.05) is 4.47 Å². The summed E-state index contributed by atoms with van der Waals surface area (Å²) in [4.78, 5) is 0. The van der Waals surface area contributed by atoms with Crippen molar-refractivity contribution in [1.82, 2.24) is 0 Å². The minimum absolute atomic E-state index is 0.586. The Morgan fingerprint density at radius 1 is 1.17 bits per heavy atom. The predicted molar refractivity (Wildman–Crippen MR) is 78.4 cm³/mol. The van der Waals surface area contributed by atoms with Gasteiger partial charge >= 0.3 is 0 Å². The van der Waals surface area contributed by atoms with E-state index < -0.39 is 0 Å². The molecule has 2 aromatic rings. The van der Waals surface area contributed by atoms with Gasteiger partial charge in [-0.05, 0) is 48.9 Å². The van der Waals surface area contributed by atoms with Gasteiger partial charge < -0.3 is 10.5 Å². The van der Waals surface area contributed by atoms with Gasteiger partial charge in [0.1, 0.15) is 11.5 Å². The van der Waals surface area contributed by atoms with Gasteiger partial charge in [-0.1, -0.05) is 39.7 Å². The quantitative estimate of drug-likeness (QED) is 0.904. The fourth-order valence-corrected chi connectivity index (χ4v) is 2.11. The molecule has 2 nitrogen and oxygen atoms in total. The summed E-state index contributed by atoms with van der Waals surface area (Å²) >= 11 is 9.48. The molecular weight excluding hydrogens is 314 g/mol. The molecule has 0 saturated heterocycles. The van der Waals surface area contributed by atoms with E-state index >= 15 is 0 Å². The number of hydrogen-bond acceptors (Lipinski definition) is 2. The van der Waals surface area contributed by atoms with E-state index in [0.717, 1.165) is 22.2 Å². The van der Waals surface area contributed by atoms with Gasteiger partial charge in [-0.2, -0.15) is 0 Å². The zero-order valence-electron chi connectivity index (χ0n) is 9.70. The molecule has 0 aromatic heterocycles. The van der Waals surface area contributed by atoms with Crippen LogP contribution in [-0.2, 0) is 6.42 Å². The van der Waals surface area contributed by atoms with Gasteiger partial charge in [-0.3, -0.25) is 0 Å². The summed E-state index contributed by atoms with van der Waals surface area (Å²) in [7, 11) is 0. The average Bonchev–Trinajstić information content (AvgIpc) is 2.35. The molecule has 2 rings (SSSR count). The van der Waals surface area contributed by atoms with E-state index in [4.69, 9.17) is 22.1 Å². The monoisotopic (exact) mass is 325 g/mol. The summed E-state index contributed by atoms with van der Waals surface area (Å²) in [5, 5.41) is 0.586. The summed E-state index contributed by atoms with van der Waals surface area (Å²) in [5.41, 5.74) is 6.69. The normalized spacial score (nSPS) is 10.4. The molecule has 0 unspecified atom stereocenters. The van der Waals surface area contributed by atoms with Crippen LogP contribution in [0.1, 0.15) is 5.56 Å². The maximum Gasteiger partial charge on any atom is 0.147 e. The third kappa shape index (κ3) is 3.48. The number of ether oxygens (including phenoxy) is 1. The minimum atomic E-state index is 0.586. The summed E-state index contributed by atoms with van der Waals surface area (Å²) in [5.74, 6) is 1.40. The lowest BCUT2D eigenvalue weighted by atomic mass is 10.1. The first-order valence-electron chi connectivity index (χ1n) is 5.61. The van der Waals surface area contributed by atoms with Crippen LogP contribution in [-0.4, -0.2) is 6.54 Å². The molecule has 0 fully saturated rings. The van der Waals surface area contributed by atoms with E-state index in [2.05, 4.69) is 15.9 Å². The fourth-order valence-electron chi connectivity index (χ4n) is 1.61. The summed E-state index contributed by atoms with van der Waals surface area (Å²) < 4.78 is 6.70. The second kappa shape index (κ2) is 6.23. The third-order valence-corrected chi connectivity index (χ3v) is 3.26. The van der Waals surface area contributed by atoms with E-state index in [1.54, 1.807) is 6.07 Å². The van der Waals surface area contributed by atoms with Crippen LogP contribution in [0.5, 0.6) is 11.5 Å². The van der Waals surface area contributed by atoms with Crippen molar-refractivity contribution < 1.29 is 4.74 Å². The van der Waals surface area contributed by atoms with Gasteiger partial charge in [0.2, 0.25) is 0 Å². The van der Waals surface area contributed by atoms with Crippen molar-refractivity contribution in [1.29, 1.82) is 0 Å². The molecule has 0 aliphatic rings. The van der Waals surface area contributed by atoms with E-state index in [-0.39, 0.29) is 0 Å². The highest BCUT2D eigenvalue weighted by molar-refractivity contribution is 9.10. The number of hydrogen-bond donors (Lipinski definition) is 1. The molecule has 0 aliphatic heterocycles. The second-order valence-corrected chi connectivity index (χ2v) is 5.19. The summed E-state index contributed by atoms with van der Waals surface area (Å²) in [6, 6.07) is 13.4. The molecule has 2 aromatic carbocycles. The van der Waals surface area contributed by atoms with Crippen molar-refractivity contribution >= 4 is 27.5 Å². The molecule has 0 saturated carbocycles. The van der Waals surface area contributed by atoms with Crippen molar-refractivity contribution in [3.05, 3.63) is 57.5 Å². The molecule has 0 bridgehead atoms. The molecule has 0 spiro atoms. The molecule has 2 N–H and O–H groups in total. The maximum absolute atomic E-state index is 6.08. The van der Waals surface area contributed by atoms with Gasteiger partial charge in [0.05, 0.1) is 5.02 Å². The Balaban J connectivity index is 2.22. The Bertz CT molecular complexity index is 545. The Morgan fingerprint density at radius 2 is 2.00 bits per heavy atom. The second-order valence-electron chi connectivity index (χ2n) is 3.86. The minimum Gasteiger partial charge on any atom is -0.456 e. The van der Waals surface area contributed by atoms with Crippen molar-refractivity contribution in [2.75, 3.05) is 6.54 Å². The standard InChI is InChI=1S/C14H13BrClNO/c15-11-4-5-13(16)14(9-11)18-12-3-1-2-10(8-12)6-7-17/h1-5,8-9H,6-7,17H2. The van der Waals surface area contributed by atoms with E-state index in [1.807, 2.05) is 36.4 Å². The summed E-state index contributed by atoms with van der Waals surface area (Å²) in [6.45, 7) is 0.626. The van der Waals surface area contributed by atoms with Gasteiger partial charge in [-0.15, -0.1) is 0 Å². The van der Waals surface area contributed by atoms with Crippen molar-refractivity contribution in [3.63, 3.8) is 0 Å². The van der Waals surface area contributed by atoms with E-state index in [1.165, 1.54) is 0 Å². The number of rotatable bonds is 4. The first-order chi connectivity index (χ1) is 8.69. The molecule has 4 heteroatoms. The lowest BCUT2D eigenvalue weighted by Crippen LogP contribution is -2.02. The molecule has 94 valence electrons. The zero-order valence-corrected chi connectivity index (χ0v) is 12.0. The summed E-state index contributed by atoms with van der Waals surface area (Å²) in [6.07, 6.45) is 0.837. The molecule has 0 atom stereocenters. The molecule has 0 amide bonds. The first kappa shape index (κ1) is 13.4. The van der Waals surface area contributed by atoms with Crippen LogP contribution >= 0.6 is 27.5 Å². The Hall–Kier alpha value is -1.03. The van der Waals surface area contributed by atoms with Crippen LogP contribution < -0.4 is 10.5 Å². The number of halogens is 2. The van der Waals surface area contributed by atoms with E-state index in [0.29, 0.717) is 17.3 Å². The highest BCUT2D eigenvalue weighted by Crippen LogP contribution is 2.32. The molecule has 18 heavy (non-hydrogen) atoms. The average molecular weight is 327 g/mol. The topological polar surface area (TPSA) is 35.2 Å². The third-order valence-electron chi connectivity index (χ3n) is 2.45. The van der Waals surface area contributed by atoms with E-state index in [9.17, 15) is 0 Å². The van der Waals surface area contributed by atoms with Gasteiger partial charge in [0.25, 0.3) is 0 Å². The number of nitrogens with two attached hydrogens (primary N) is 1. The van der Waals surface area contributed by atoms with Gasteiger partial charge in [0.15, 0.2) is 0 Å². The SMILES string of the molecule is NCCc1cccc(Oc2cc(Br)ccc2Cl)c1. The van der Waals surface area contributed by atoms with Crippen LogP contribution in [0.15, 0.2) is 46.9 Å². The lowest BCUT2D eigenvalue weighted by molar-refractivity contribution is 0.482.